The molecule has 3 N–H and O–H groups in total. The van der Waals surface area contributed by atoms with Gasteiger partial charge in [-0.15, -0.1) is 0 Å². The summed E-state index contributed by atoms with van der Waals surface area (Å²) in [7, 11) is 0. The highest BCUT2D eigenvalue weighted by Gasteiger charge is 2.37. The van der Waals surface area contributed by atoms with Crippen LogP contribution < -0.4 is 5.32 Å². The Kier molecular flexibility index (Phi) is 10.4. The number of nitrogens with one attached hydrogen (secondary N) is 1. The third-order valence-electron chi connectivity index (χ3n) is 4.10. The van der Waals surface area contributed by atoms with E-state index >= 15 is 0 Å². The van der Waals surface area contributed by atoms with Gasteiger partial charge in [0, 0.05) is 13.1 Å². The highest BCUT2D eigenvalue weighted by molar-refractivity contribution is 5.89. The van der Waals surface area contributed by atoms with Crippen LogP contribution >= 0.6 is 0 Å². The van der Waals surface area contributed by atoms with Crippen molar-refractivity contribution in [3.8, 4) is 0 Å². The Hall–Kier alpha value is -1.75. The fourth-order valence-electron chi connectivity index (χ4n) is 2.64. The van der Waals surface area contributed by atoms with E-state index in [-0.39, 0.29) is 52.1 Å². The van der Waals surface area contributed by atoms with Gasteiger partial charge in [0.15, 0.2) is 0 Å². The second kappa shape index (κ2) is 11.9. The molecule has 28 heavy (non-hydrogen) atoms. The van der Waals surface area contributed by atoms with Crippen molar-refractivity contribution < 1.29 is 38.8 Å². The molecule has 162 valence electrons. The molecule has 1 rings (SSSR count). The van der Waals surface area contributed by atoms with Gasteiger partial charge in [0.05, 0.1) is 32.5 Å². The van der Waals surface area contributed by atoms with E-state index in [1.54, 1.807) is 4.90 Å². The second-order valence-electron chi connectivity index (χ2n) is 7.70. The van der Waals surface area contributed by atoms with Crippen LogP contribution in [0.5, 0.6) is 0 Å². The maximum Gasteiger partial charge on any atom is 0.329 e. The van der Waals surface area contributed by atoms with Crippen LogP contribution in [0.15, 0.2) is 0 Å². The molecule has 10 nitrogen and oxygen atoms in total. The lowest BCUT2D eigenvalue weighted by atomic mass is 9.85. The summed E-state index contributed by atoms with van der Waals surface area (Å²) in [5.41, 5.74) is -0.487. The average Bonchev–Trinajstić information content (AvgIpc) is 3.03. The molecule has 1 aliphatic rings. The predicted octanol–water partition coefficient (Wildman–Crippen LogP) is -0.755. The van der Waals surface area contributed by atoms with Crippen LogP contribution in [0, 0.1) is 5.41 Å². The van der Waals surface area contributed by atoms with E-state index < -0.39 is 29.4 Å². The first-order valence-corrected chi connectivity index (χ1v) is 9.32. The molecular weight excluding hydrogens is 372 g/mol. The Labute approximate surface area is 165 Å². The number of ether oxygens (including phenoxy) is 3. The number of hydrogen-bond donors (Lipinski definition) is 3. The molecule has 2 amide bonds. The molecule has 0 spiro atoms. The van der Waals surface area contributed by atoms with E-state index in [2.05, 4.69) is 5.32 Å². The van der Waals surface area contributed by atoms with Gasteiger partial charge in [-0.25, -0.2) is 4.79 Å². The van der Waals surface area contributed by atoms with Crippen LogP contribution in [0.3, 0.4) is 0 Å². The molecule has 1 aliphatic heterocycles. The fourth-order valence-corrected chi connectivity index (χ4v) is 2.64. The SMILES string of the molecule is CC(C)(C)[C@H](NC(=O)COCCOCCOCC(=O)O)C(=O)N1CC[C@@H](O)C1. The molecule has 1 heterocycles. The van der Waals surface area contributed by atoms with Gasteiger partial charge < -0.3 is 34.6 Å². The molecule has 2 atom stereocenters. The molecule has 10 heteroatoms. The quantitative estimate of drug-likeness (QED) is 0.362. The number of β-amino-alcohol motifs (C(OH)–C–C–N with tert-alkyl or cyclic N) is 1. The zero-order chi connectivity index (χ0) is 21.2. The molecule has 0 radical (unpaired) electrons. The molecule has 0 aromatic rings. The number of hydrogen-bond acceptors (Lipinski definition) is 7. The van der Waals surface area contributed by atoms with Gasteiger partial charge in [-0.1, -0.05) is 20.8 Å². The number of aliphatic hydroxyl groups is 1. The first kappa shape index (κ1) is 24.3. The molecule has 0 unspecified atom stereocenters. The molecule has 0 bridgehead atoms. The molecule has 0 aromatic carbocycles. The zero-order valence-electron chi connectivity index (χ0n) is 16.8. The van der Waals surface area contributed by atoms with E-state index in [0.717, 1.165) is 0 Å². The van der Waals surface area contributed by atoms with Gasteiger partial charge in [0.1, 0.15) is 19.3 Å². The maximum absolute atomic E-state index is 12.7. The van der Waals surface area contributed by atoms with E-state index in [4.69, 9.17) is 19.3 Å². The number of carboxylic acids is 1. The summed E-state index contributed by atoms with van der Waals surface area (Å²) in [5, 5.41) is 20.8. The summed E-state index contributed by atoms with van der Waals surface area (Å²) >= 11 is 0. The number of aliphatic carboxylic acids is 1. The first-order valence-electron chi connectivity index (χ1n) is 9.32. The number of carboxylic acid groups (broad SMARTS) is 1. The Balaban J connectivity index is 2.26. The number of amides is 2. The third-order valence-corrected chi connectivity index (χ3v) is 4.10. The van der Waals surface area contributed by atoms with Gasteiger partial charge in [-0.05, 0) is 11.8 Å². The molecular formula is C18H32N2O8. The average molecular weight is 404 g/mol. The van der Waals surface area contributed by atoms with Crippen molar-refractivity contribution in [1.82, 2.24) is 10.2 Å². The molecule has 1 saturated heterocycles. The topological polar surface area (TPSA) is 135 Å². The van der Waals surface area contributed by atoms with Crippen molar-refractivity contribution >= 4 is 17.8 Å². The number of carbonyl (C=O) groups is 3. The van der Waals surface area contributed by atoms with Crippen molar-refractivity contribution in [3.05, 3.63) is 0 Å². The van der Waals surface area contributed by atoms with Crippen molar-refractivity contribution in [2.24, 2.45) is 5.41 Å². The van der Waals surface area contributed by atoms with Gasteiger partial charge in [0.25, 0.3) is 0 Å². The summed E-state index contributed by atoms with van der Waals surface area (Å²) < 4.78 is 15.2. The molecule has 0 aliphatic carbocycles. The minimum absolute atomic E-state index is 0.160. The molecule has 1 fully saturated rings. The van der Waals surface area contributed by atoms with Crippen molar-refractivity contribution in [1.29, 1.82) is 0 Å². The van der Waals surface area contributed by atoms with E-state index in [1.807, 2.05) is 20.8 Å². The monoisotopic (exact) mass is 404 g/mol. The van der Waals surface area contributed by atoms with Crippen molar-refractivity contribution in [2.75, 3.05) is 52.7 Å². The largest absolute Gasteiger partial charge is 0.480 e. The van der Waals surface area contributed by atoms with Crippen LogP contribution in [-0.4, -0.2) is 97.8 Å². The van der Waals surface area contributed by atoms with Gasteiger partial charge in [0.2, 0.25) is 11.8 Å². The third kappa shape index (κ3) is 9.45. The number of rotatable bonds is 12. The Morgan fingerprint density at radius 2 is 1.64 bits per heavy atom. The van der Waals surface area contributed by atoms with E-state index in [1.165, 1.54) is 0 Å². The van der Waals surface area contributed by atoms with Gasteiger partial charge in [-0.3, -0.25) is 9.59 Å². The lowest BCUT2D eigenvalue weighted by molar-refractivity contribution is -0.143. The Bertz CT molecular complexity index is 520. The smallest absolute Gasteiger partial charge is 0.329 e. The summed E-state index contributed by atoms with van der Waals surface area (Å²) in [5.74, 6) is -1.65. The Morgan fingerprint density at radius 3 is 2.14 bits per heavy atom. The fraction of sp³-hybridized carbons (Fsp3) is 0.833. The van der Waals surface area contributed by atoms with Crippen LogP contribution in [0.1, 0.15) is 27.2 Å². The predicted molar refractivity (Wildman–Crippen MR) is 98.7 cm³/mol. The van der Waals surface area contributed by atoms with Gasteiger partial charge >= 0.3 is 5.97 Å². The standard InChI is InChI=1S/C18H32N2O8/c1-18(2,3)16(17(25)20-5-4-13(21)10-20)19-14(22)11-27-8-6-26-7-9-28-12-15(23)24/h13,16,21H,4-12H2,1-3H3,(H,19,22)(H,23,24)/t13-,16-/m1/s1. The second-order valence-corrected chi connectivity index (χ2v) is 7.70. The van der Waals surface area contributed by atoms with E-state index in [9.17, 15) is 19.5 Å². The highest BCUT2D eigenvalue weighted by Crippen LogP contribution is 2.23. The highest BCUT2D eigenvalue weighted by atomic mass is 16.5. The van der Waals surface area contributed by atoms with Crippen LogP contribution in [-0.2, 0) is 28.6 Å². The summed E-state index contributed by atoms with van der Waals surface area (Å²) in [4.78, 5) is 36.7. The minimum atomic E-state index is -1.04. The van der Waals surface area contributed by atoms with E-state index in [0.29, 0.717) is 13.0 Å². The van der Waals surface area contributed by atoms with Crippen molar-refractivity contribution in [2.45, 2.75) is 39.3 Å². The van der Waals surface area contributed by atoms with Crippen LogP contribution in [0.4, 0.5) is 0 Å². The summed E-state index contributed by atoms with van der Waals surface area (Å²) in [6.45, 7) is 6.58. The van der Waals surface area contributed by atoms with Crippen LogP contribution in [0.2, 0.25) is 0 Å². The lowest BCUT2D eigenvalue weighted by Crippen LogP contribution is -2.55. The first-order chi connectivity index (χ1) is 13.1. The maximum atomic E-state index is 12.7. The lowest BCUT2D eigenvalue weighted by Gasteiger charge is -2.33. The number of nitrogens with zero attached hydrogens (tertiary/aromatic N) is 1. The summed E-state index contributed by atoms with van der Waals surface area (Å²) in [6, 6.07) is -0.712. The number of carbonyl (C=O) groups excluding carboxylic acids is 2. The Morgan fingerprint density at radius 1 is 1.07 bits per heavy atom. The number of likely N-dealkylation sites (tertiary alicyclic amines) is 1. The normalized spacial score (nSPS) is 18.1. The van der Waals surface area contributed by atoms with Crippen LogP contribution in [0.25, 0.3) is 0 Å². The number of aliphatic hydroxyl groups excluding tert-OH is 1. The van der Waals surface area contributed by atoms with Crippen molar-refractivity contribution in [3.63, 3.8) is 0 Å². The van der Waals surface area contributed by atoms with Gasteiger partial charge in [-0.2, -0.15) is 0 Å². The summed E-state index contributed by atoms with van der Waals surface area (Å²) in [6.07, 6.45) is 0.0270. The molecule has 0 saturated carbocycles. The zero-order valence-corrected chi connectivity index (χ0v) is 16.8. The minimum Gasteiger partial charge on any atom is -0.480 e. The molecule has 0 aromatic heterocycles.